The average Bonchev–Trinajstić information content (AvgIpc) is 2.86. The number of rotatable bonds is 22. The third-order valence-corrected chi connectivity index (χ3v) is 6.68. The molecule has 0 saturated carbocycles. The molecule has 8 heteroatoms. The first-order valence-corrected chi connectivity index (χ1v) is 14.1. The molecule has 0 aromatic rings. The van der Waals surface area contributed by atoms with E-state index in [2.05, 4.69) is 11.9 Å². The highest BCUT2D eigenvalue weighted by molar-refractivity contribution is 5.56. The zero-order valence-corrected chi connectivity index (χ0v) is 22.0. The van der Waals surface area contributed by atoms with E-state index < -0.39 is 43.4 Å². The summed E-state index contributed by atoms with van der Waals surface area (Å²) in [6, 6.07) is 0. The number of aliphatic imine (C=N–C) groups is 1. The lowest BCUT2D eigenvalue weighted by molar-refractivity contribution is -0.304. The standard InChI is InChI=1S/C27H53NO7/c1-2-3-4-5-6-7-8-9-10-11-12-13-14-15-16-17-18-28-19-22(30)21-34-27-26(33)25(32)24(31)23(20-29)35-27/h18,22-27,29-33H,2-17,19-21H2,1H3/t22?,23-,24+,25+,26-,27+/m1/s1. The van der Waals surface area contributed by atoms with Crippen LogP contribution in [-0.4, -0.2) is 88.3 Å². The largest absolute Gasteiger partial charge is 0.394 e. The lowest BCUT2D eigenvalue weighted by Gasteiger charge is -2.39. The van der Waals surface area contributed by atoms with E-state index >= 15 is 0 Å². The zero-order chi connectivity index (χ0) is 25.7. The van der Waals surface area contributed by atoms with Crippen LogP contribution in [0.1, 0.15) is 110 Å². The highest BCUT2D eigenvalue weighted by atomic mass is 16.7. The first kappa shape index (κ1) is 32.4. The van der Waals surface area contributed by atoms with Gasteiger partial charge >= 0.3 is 0 Å². The van der Waals surface area contributed by atoms with Crippen molar-refractivity contribution in [1.29, 1.82) is 0 Å². The molecule has 35 heavy (non-hydrogen) atoms. The summed E-state index contributed by atoms with van der Waals surface area (Å²) in [5.41, 5.74) is 0. The molecule has 0 bridgehead atoms. The van der Waals surface area contributed by atoms with Gasteiger partial charge in [0.25, 0.3) is 0 Å². The smallest absolute Gasteiger partial charge is 0.186 e. The van der Waals surface area contributed by atoms with Gasteiger partial charge in [-0.05, 0) is 19.1 Å². The van der Waals surface area contributed by atoms with E-state index in [9.17, 15) is 25.5 Å². The molecule has 0 aromatic carbocycles. The molecule has 1 aliphatic heterocycles. The predicted molar refractivity (Wildman–Crippen MR) is 139 cm³/mol. The van der Waals surface area contributed by atoms with Crippen LogP contribution >= 0.6 is 0 Å². The Kier molecular flexibility index (Phi) is 19.9. The maximum Gasteiger partial charge on any atom is 0.186 e. The van der Waals surface area contributed by atoms with E-state index in [1.807, 2.05) is 6.21 Å². The lowest BCUT2D eigenvalue weighted by atomic mass is 9.99. The highest BCUT2D eigenvalue weighted by Crippen LogP contribution is 2.22. The van der Waals surface area contributed by atoms with Gasteiger partial charge in [0.05, 0.1) is 25.9 Å². The molecule has 1 saturated heterocycles. The van der Waals surface area contributed by atoms with Crippen LogP contribution in [-0.2, 0) is 9.47 Å². The zero-order valence-electron chi connectivity index (χ0n) is 22.0. The third-order valence-electron chi connectivity index (χ3n) is 6.68. The predicted octanol–water partition coefficient (Wildman–Crippen LogP) is 3.50. The van der Waals surface area contributed by atoms with Crippen LogP contribution in [0.2, 0.25) is 0 Å². The minimum absolute atomic E-state index is 0.140. The summed E-state index contributed by atoms with van der Waals surface area (Å²) in [6.45, 7) is 1.79. The second-order valence-electron chi connectivity index (χ2n) is 9.97. The van der Waals surface area contributed by atoms with E-state index in [1.165, 1.54) is 89.9 Å². The average molecular weight is 504 g/mol. The molecular formula is C27H53NO7. The van der Waals surface area contributed by atoms with Gasteiger partial charge in [-0.2, -0.15) is 0 Å². The fourth-order valence-electron chi connectivity index (χ4n) is 4.36. The Morgan fingerprint density at radius 3 is 1.80 bits per heavy atom. The van der Waals surface area contributed by atoms with Crippen molar-refractivity contribution in [3.05, 3.63) is 0 Å². The van der Waals surface area contributed by atoms with Crippen molar-refractivity contribution in [1.82, 2.24) is 0 Å². The highest BCUT2D eigenvalue weighted by Gasteiger charge is 2.44. The van der Waals surface area contributed by atoms with Crippen LogP contribution < -0.4 is 0 Å². The van der Waals surface area contributed by atoms with Gasteiger partial charge in [0.2, 0.25) is 0 Å². The maximum absolute atomic E-state index is 10.0. The third kappa shape index (κ3) is 15.3. The molecule has 1 fully saturated rings. The van der Waals surface area contributed by atoms with Crippen LogP contribution in [0.3, 0.4) is 0 Å². The van der Waals surface area contributed by atoms with E-state index in [0.29, 0.717) is 0 Å². The lowest BCUT2D eigenvalue weighted by Crippen LogP contribution is -2.59. The quantitative estimate of drug-likeness (QED) is 0.113. The van der Waals surface area contributed by atoms with Crippen molar-refractivity contribution in [2.45, 2.75) is 146 Å². The molecule has 1 unspecified atom stereocenters. The number of unbranched alkanes of at least 4 members (excludes halogenated alkanes) is 15. The Morgan fingerprint density at radius 2 is 1.29 bits per heavy atom. The van der Waals surface area contributed by atoms with Crippen LogP contribution in [0.5, 0.6) is 0 Å². The Bertz CT molecular complexity index is 506. The maximum atomic E-state index is 10.0. The van der Waals surface area contributed by atoms with Gasteiger partial charge in [-0.1, -0.05) is 96.8 Å². The Balaban J connectivity index is 1.91. The van der Waals surface area contributed by atoms with Gasteiger partial charge in [-0.3, -0.25) is 4.99 Å². The summed E-state index contributed by atoms with van der Waals surface area (Å²) in [5.74, 6) is 0. The van der Waals surface area contributed by atoms with Gasteiger partial charge in [0, 0.05) is 0 Å². The first-order valence-electron chi connectivity index (χ1n) is 14.1. The van der Waals surface area contributed by atoms with E-state index in [1.54, 1.807) is 0 Å². The normalized spacial score (nSPS) is 25.9. The van der Waals surface area contributed by atoms with Crippen molar-refractivity contribution < 1.29 is 35.0 Å². The number of nitrogens with zero attached hydrogens (tertiary/aromatic N) is 1. The molecule has 6 atom stereocenters. The number of aliphatic hydroxyl groups is 5. The van der Waals surface area contributed by atoms with Crippen LogP contribution in [0.25, 0.3) is 0 Å². The number of ether oxygens (including phenoxy) is 2. The van der Waals surface area contributed by atoms with Gasteiger partial charge in [0.1, 0.15) is 24.4 Å². The molecule has 1 rings (SSSR count). The fourth-order valence-corrected chi connectivity index (χ4v) is 4.36. The Labute approximate surface area is 212 Å². The van der Waals surface area contributed by atoms with Gasteiger partial charge in [-0.15, -0.1) is 0 Å². The fraction of sp³-hybridized carbons (Fsp3) is 0.963. The minimum Gasteiger partial charge on any atom is -0.394 e. The van der Waals surface area contributed by atoms with Crippen molar-refractivity contribution in [2.75, 3.05) is 19.8 Å². The van der Waals surface area contributed by atoms with Crippen molar-refractivity contribution in [3.63, 3.8) is 0 Å². The van der Waals surface area contributed by atoms with E-state index in [0.717, 1.165) is 12.8 Å². The molecule has 1 heterocycles. The molecule has 8 nitrogen and oxygen atoms in total. The summed E-state index contributed by atoms with van der Waals surface area (Å²) in [6.07, 6.45) is 15.3. The molecule has 1 aliphatic rings. The molecule has 0 aliphatic carbocycles. The molecule has 0 radical (unpaired) electrons. The van der Waals surface area contributed by atoms with E-state index in [4.69, 9.17) is 9.47 Å². The topological polar surface area (TPSA) is 132 Å². The second kappa shape index (κ2) is 21.5. The number of aliphatic hydroxyl groups excluding tert-OH is 5. The Hall–Kier alpha value is -0.610. The first-order chi connectivity index (χ1) is 17.0. The Morgan fingerprint density at radius 1 is 0.771 bits per heavy atom. The number of hydrogen-bond donors (Lipinski definition) is 5. The summed E-state index contributed by atoms with van der Waals surface area (Å²) in [5, 5.41) is 48.6. The summed E-state index contributed by atoms with van der Waals surface area (Å²) >= 11 is 0. The van der Waals surface area contributed by atoms with Crippen LogP contribution in [0.4, 0.5) is 0 Å². The molecule has 0 aromatic heterocycles. The molecule has 5 N–H and O–H groups in total. The summed E-state index contributed by atoms with van der Waals surface area (Å²) < 4.78 is 10.6. The second-order valence-corrected chi connectivity index (χ2v) is 9.97. The monoisotopic (exact) mass is 503 g/mol. The van der Waals surface area contributed by atoms with Gasteiger partial charge in [-0.25, -0.2) is 0 Å². The SMILES string of the molecule is CCCCCCCCCCCCCCCCCC=NCC(O)CO[C@H]1O[C@H](CO)[C@H](O)[C@H](O)[C@H]1O. The summed E-state index contributed by atoms with van der Waals surface area (Å²) in [4.78, 5) is 4.23. The molecular weight excluding hydrogens is 450 g/mol. The number of hydrogen-bond acceptors (Lipinski definition) is 8. The van der Waals surface area contributed by atoms with Crippen LogP contribution in [0, 0.1) is 0 Å². The van der Waals surface area contributed by atoms with Crippen molar-refractivity contribution in [3.8, 4) is 0 Å². The molecule has 0 amide bonds. The van der Waals surface area contributed by atoms with Crippen molar-refractivity contribution >= 4 is 6.21 Å². The van der Waals surface area contributed by atoms with Crippen molar-refractivity contribution in [2.24, 2.45) is 4.99 Å². The van der Waals surface area contributed by atoms with Crippen LogP contribution in [0.15, 0.2) is 4.99 Å². The molecule has 0 spiro atoms. The van der Waals surface area contributed by atoms with Gasteiger partial charge < -0.3 is 35.0 Å². The van der Waals surface area contributed by atoms with Gasteiger partial charge in [0.15, 0.2) is 6.29 Å². The minimum atomic E-state index is -1.49. The molecule has 208 valence electrons. The summed E-state index contributed by atoms with van der Waals surface area (Å²) in [7, 11) is 0. The van der Waals surface area contributed by atoms with E-state index in [-0.39, 0.29) is 13.2 Å².